The molecule has 0 spiro atoms. The van der Waals surface area contributed by atoms with Gasteiger partial charge in [-0.3, -0.25) is 0 Å². The van der Waals surface area contributed by atoms with Crippen molar-refractivity contribution in [3.8, 4) is 0 Å². The second-order valence-corrected chi connectivity index (χ2v) is 5.04. The van der Waals surface area contributed by atoms with Gasteiger partial charge in [0.05, 0.1) is 13.2 Å². The van der Waals surface area contributed by atoms with E-state index >= 15 is 0 Å². The van der Waals surface area contributed by atoms with Crippen molar-refractivity contribution in [2.24, 2.45) is 20.4 Å². The zero-order valence-electron chi connectivity index (χ0n) is 13.6. The Hall–Kier alpha value is -2.58. The second-order valence-electron chi connectivity index (χ2n) is 5.04. The molecule has 8 nitrogen and oxygen atoms in total. The summed E-state index contributed by atoms with van der Waals surface area (Å²) in [4.78, 5) is 1.88. The number of azo groups is 1. The monoisotopic (exact) mass is 330 g/mol. The van der Waals surface area contributed by atoms with E-state index in [1.54, 1.807) is 17.6 Å². The molecule has 0 bridgehead atoms. The summed E-state index contributed by atoms with van der Waals surface area (Å²) in [5.41, 5.74) is 0.628. The highest BCUT2D eigenvalue weighted by Crippen LogP contribution is 2.09. The normalized spacial score (nSPS) is 18.8. The third-order valence-corrected chi connectivity index (χ3v) is 3.25. The van der Waals surface area contributed by atoms with Crippen LogP contribution in [0.5, 0.6) is 0 Å². The van der Waals surface area contributed by atoms with Crippen molar-refractivity contribution in [2.75, 3.05) is 19.8 Å². The molecule has 1 unspecified atom stereocenters. The first-order chi connectivity index (χ1) is 11.7. The average Bonchev–Trinajstić information content (AvgIpc) is 2.61. The Bertz CT molecular complexity index is 705. The summed E-state index contributed by atoms with van der Waals surface area (Å²) in [6, 6.07) is 5.52. The van der Waals surface area contributed by atoms with Crippen molar-refractivity contribution in [2.45, 2.75) is 19.6 Å². The highest BCUT2D eigenvalue weighted by Gasteiger charge is 2.12. The lowest BCUT2D eigenvalue weighted by Gasteiger charge is -2.25. The Morgan fingerprint density at radius 1 is 1.17 bits per heavy atom. The van der Waals surface area contributed by atoms with Crippen LogP contribution >= 0.6 is 0 Å². The number of amidine groups is 1. The average molecular weight is 330 g/mol. The van der Waals surface area contributed by atoms with Gasteiger partial charge in [-0.1, -0.05) is 12.1 Å². The maximum Gasteiger partial charge on any atom is 0.170 e. The number of hydrogen-bond acceptors (Lipinski definition) is 6. The van der Waals surface area contributed by atoms with Crippen molar-refractivity contribution in [3.63, 3.8) is 0 Å². The van der Waals surface area contributed by atoms with Crippen LogP contribution < -0.4 is 5.49 Å². The number of rotatable bonds is 6. The Balaban J connectivity index is 2.10. The van der Waals surface area contributed by atoms with Gasteiger partial charge in [0.1, 0.15) is 0 Å². The summed E-state index contributed by atoms with van der Waals surface area (Å²) in [6.07, 6.45) is 9.08. The van der Waals surface area contributed by atoms with Crippen LogP contribution in [0, 0.1) is 0 Å². The molecule has 0 aliphatic carbocycles. The van der Waals surface area contributed by atoms with Gasteiger partial charge in [-0.05, 0) is 31.2 Å². The third-order valence-electron chi connectivity index (χ3n) is 3.25. The van der Waals surface area contributed by atoms with Crippen LogP contribution in [-0.4, -0.2) is 51.4 Å². The minimum atomic E-state index is -0.261. The molecular weight excluding hydrogens is 308 g/mol. The standard InChI is InChI=1S/C16H22N6O2/c1-14(17-19-15-6-2-4-8-21(15)10-12-23)18-20-16-7-3-5-9-22(16)11-13-24/h2-9,15,23-24H,10-13H2,1H3/b18-14+,19-17+,20-16+. The molecule has 0 amide bonds. The number of aromatic nitrogens is 1. The molecule has 0 saturated carbocycles. The van der Waals surface area contributed by atoms with E-state index in [0.29, 0.717) is 24.4 Å². The molecule has 0 aromatic carbocycles. The van der Waals surface area contributed by atoms with Crippen molar-refractivity contribution in [1.82, 2.24) is 9.47 Å². The molecule has 1 aliphatic rings. The van der Waals surface area contributed by atoms with Crippen molar-refractivity contribution < 1.29 is 10.2 Å². The third kappa shape index (κ3) is 5.25. The van der Waals surface area contributed by atoms with Crippen LogP contribution in [0.25, 0.3) is 0 Å². The lowest BCUT2D eigenvalue weighted by molar-refractivity contribution is 0.216. The van der Waals surface area contributed by atoms with Gasteiger partial charge in [0.2, 0.25) is 0 Å². The van der Waals surface area contributed by atoms with E-state index in [4.69, 9.17) is 10.2 Å². The largest absolute Gasteiger partial charge is 0.395 e. The molecule has 0 fully saturated rings. The lowest BCUT2D eigenvalue weighted by Crippen LogP contribution is -2.31. The lowest BCUT2D eigenvalue weighted by atomic mass is 10.3. The fraction of sp³-hybridized carbons (Fsp3) is 0.375. The molecule has 0 saturated heterocycles. The van der Waals surface area contributed by atoms with Crippen LogP contribution in [-0.2, 0) is 6.54 Å². The Kier molecular flexibility index (Phi) is 7.06. The van der Waals surface area contributed by atoms with Gasteiger partial charge in [0.25, 0.3) is 0 Å². The molecule has 24 heavy (non-hydrogen) atoms. The van der Waals surface area contributed by atoms with Crippen LogP contribution in [0.4, 0.5) is 0 Å². The van der Waals surface area contributed by atoms with Crippen molar-refractivity contribution in [1.29, 1.82) is 0 Å². The Morgan fingerprint density at radius 2 is 2.00 bits per heavy atom. The van der Waals surface area contributed by atoms with Crippen molar-refractivity contribution in [3.05, 3.63) is 54.3 Å². The first kappa shape index (κ1) is 17.8. The molecule has 1 aromatic heterocycles. The fourth-order valence-electron chi connectivity index (χ4n) is 2.09. The van der Waals surface area contributed by atoms with Gasteiger partial charge < -0.3 is 19.7 Å². The van der Waals surface area contributed by atoms with Gasteiger partial charge >= 0.3 is 0 Å². The fourth-order valence-corrected chi connectivity index (χ4v) is 2.09. The molecule has 1 atom stereocenters. The van der Waals surface area contributed by atoms with Crippen LogP contribution in [0.1, 0.15) is 6.92 Å². The molecule has 2 heterocycles. The minimum Gasteiger partial charge on any atom is -0.395 e. The van der Waals surface area contributed by atoms with E-state index in [1.165, 1.54) is 0 Å². The second kappa shape index (κ2) is 9.53. The maximum atomic E-state index is 9.06. The van der Waals surface area contributed by atoms with E-state index < -0.39 is 0 Å². The van der Waals surface area contributed by atoms with Crippen molar-refractivity contribution >= 4 is 5.84 Å². The molecule has 0 radical (unpaired) electrons. The Labute approximate surface area is 140 Å². The first-order valence-electron chi connectivity index (χ1n) is 7.71. The number of allylic oxidation sites excluding steroid dienone is 2. The van der Waals surface area contributed by atoms with E-state index in [-0.39, 0.29) is 19.4 Å². The predicted molar refractivity (Wildman–Crippen MR) is 90.9 cm³/mol. The SMILES string of the molecule is CC(/N=N/C1C=CC=CN1CCO)=N\N=c1/ccccn1CCO. The summed E-state index contributed by atoms with van der Waals surface area (Å²) in [6.45, 7) is 2.72. The first-order valence-corrected chi connectivity index (χ1v) is 7.71. The molecule has 8 heteroatoms. The molecule has 2 N–H and O–H groups in total. The quantitative estimate of drug-likeness (QED) is 0.350. The van der Waals surface area contributed by atoms with Gasteiger partial charge in [-0.25, -0.2) is 0 Å². The van der Waals surface area contributed by atoms with Crippen LogP contribution in [0.15, 0.2) is 69.3 Å². The van der Waals surface area contributed by atoms with Crippen LogP contribution in [0.2, 0.25) is 0 Å². The van der Waals surface area contributed by atoms with Crippen LogP contribution in [0.3, 0.4) is 0 Å². The van der Waals surface area contributed by atoms with E-state index in [1.807, 2.05) is 47.7 Å². The summed E-state index contributed by atoms with van der Waals surface area (Å²) in [5, 5.41) is 34.6. The Morgan fingerprint density at radius 3 is 2.79 bits per heavy atom. The number of pyridine rings is 1. The molecule has 2 rings (SSSR count). The number of aliphatic hydroxyl groups excluding tert-OH is 2. The summed E-state index contributed by atoms with van der Waals surface area (Å²) < 4.78 is 1.80. The highest BCUT2D eigenvalue weighted by molar-refractivity contribution is 5.79. The van der Waals surface area contributed by atoms with E-state index in [2.05, 4.69) is 20.4 Å². The smallest absolute Gasteiger partial charge is 0.170 e. The predicted octanol–water partition coefficient (Wildman–Crippen LogP) is 0.871. The number of β-amino-alcohol motifs (C(OH)–C–C–N with tert-alkyl or cyclic N) is 1. The zero-order valence-corrected chi connectivity index (χ0v) is 13.6. The highest BCUT2D eigenvalue weighted by atomic mass is 16.3. The number of hydrogen-bond donors (Lipinski definition) is 2. The topological polar surface area (TPSA) is 98.1 Å². The van der Waals surface area contributed by atoms with Gasteiger partial charge in [0, 0.05) is 25.5 Å². The van der Waals surface area contributed by atoms with E-state index in [0.717, 1.165) is 0 Å². The number of aliphatic hydroxyl groups is 2. The zero-order chi connectivity index (χ0) is 17.2. The van der Waals surface area contributed by atoms with Gasteiger partial charge in [-0.2, -0.15) is 5.11 Å². The summed E-state index contributed by atoms with van der Waals surface area (Å²) >= 11 is 0. The molecule has 1 aromatic rings. The van der Waals surface area contributed by atoms with Gasteiger partial charge in [-0.15, -0.1) is 15.3 Å². The molecular formula is C16H22N6O2. The maximum absolute atomic E-state index is 9.06. The number of nitrogens with zero attached hydrogens (tertiary/aromatic N) is 6. The summed E-state index contributed by atoms with van der Waals surface area (Å²) in [7, 11) is 0. The summed E-state index contributed by atoms with van der Waals surface area (Å²) in [5.74, 6) is 0.418. The molecule has 128 valence electrons. The van der Waals surface area contributed by atoms with E-state index in [9.17, 15) is 0 Å². The minimum absolute atomic E-state index is 0.0296. The molecule has 1 aliphatic heterocycles. The van der Waals surface area contributed by atoms with Gasteiger partial charge in [0.15, 0.2) is 17.5 Å².